The fraction of sp³-hybridized carbons (Fsp3) is 0.865. The average molecular weight is 691 g/mol. The van der Waals surface area contributed by atoms with Gasteiger partial charge in [0.25, 0.3) is 0 Å². The van der Waals surface area contributed by atoms with Crippen molar-refractivity contribution in [3.8, 4) is 0 Å². The highest BCUT2D eigenvalue weighted by molar-refractivity contribution is 7.47. The van der Waals surface area contributed by atoms with Crippen molar-refractivity contribution in [1.82, 2.24) is 0 Å². The van der Waals surface area contributed by atoms with E-state index in [0.717, 1.165) is 57.8 Å². The van der Waals surface area contributed by atoms with Gasteiger partial charge in [0.2, 0.25) is 0 Å². The fourth-order valence-corrected chi connectivity index (χ4v) is 5.75. The molecule has 0 aliphatic rings. The van der Waals surface area contributed by atoms with Gasteiger partial charge in [0.1, 0.15) is 12.2 Å². The molecule has 0 radical (unpaired) electrons. The molecule has 0 aromatic heterocycles. The number of unbranched alkanes of at least 4 members (excludes halogenated alkanes) is 18. The van der Waals surface area contributed by atoms with Crippen molar-refractivity contribution in [3.63, 3.8) is 0 Å². The SMILES string of the molecule is CCCC/C=C\C/C=C\CCCCCCCC(=O)OC(COCCCCCCCCCCCCCC)COP(=O)(O)OCC(O)CO. The Balaban J connectivity index is 4.26. The van der Waals surface area contributed by atoms with Crippen molar-refractivity contribution >= 4 is 13.8 Å². The van der Waals surface area contributed by atoms with E-state index in [9.17, 15) is 19.4 Å². The summed E-state index contributed by atoms with van der Waals surface area (Å²) in [7, 11) is -4.51. The molecule has 0 aromatic carbocycles. The number of hydrogen-bond donors (Lipinski definition) is 3. The minimum atomic E-state index is -4.51. The van der Waals surface area contributed by atoms with Crippen LogP contribution < -0.4 is 0 Å². The quantitative estimate of drug-likeness (QED) is 0.0254. The van der Waals surface area contributed by atoms with E-state index in [-0.39, 0.29) is 19.6 Å². The number of phosphoric ester groups is 1. The van der Waals surface area contributed by atoms with E-state index in [1.807, 2.05) is 0 Å². The Morgan fingerprint density at radius 3 is 1.77 bits per heavy atom. The molecule has 3 atom stereocenters. The van der Waals surface area contributed by atoms with Crippen LogP contribution in [0.15, 0.2) is 24.3 Å². The maximum absolute atomic E-state index is 12.5. The predicted molar refractivity (Wildman–Crippen MR) is 191 cm³/mol. The highest BCUT2D eigenvalue weighted by atomic mass is 31.2. The summed E-state index contributed by atoms with van der Waals surface area (Å²) in [6.45, 7) is 3.45. The largest absolute Gasteiger partial charge is 0.472 e. The van der Waals surface area contributed by atoms with E-state index in [1.54, 1.807) is 0 Å². The number of carbonyl (C=O) groups is 1. The maximum atomic E-state index is 12.5. The predicted octanol–water partition coefficient (Wildman–Crippen LogP) is 9.53. The van der Waals surface area contributed by atoms with E-state index < -0.39 is 39.2 Å². The first-order valence-electron chi connectivity index (χ1n) is 18.8. The number of rotatable bonds is 36. The van der Waals surface area contributed by atoms with E-state index in [2.05, 4.69) is 38.2 Å². The highest BCUT2D eigenvalue weighted by Gasteiger charge is 2.26. The number of hydrogen-bond acceptors (Lipinski definition) is 8. The number of aliphatic hydroxyl groups excluding tert-OH is 2. The Bertz CT molecular complexity index is 790. The van der Waals surface area contributed by atoms with Gasteiger partial charge in [0.05, 0.1) is 26.4 Å². The molecular formula is C37H71O9P. The minimum Gasteiger partial charge on any atom is -0.457 e. The molecule has 0 saturated carbocycles. The zero-order valence-corrected chi connectivity index (χ0v) is 30.9. The molecule has 3 unspecified atom stereocenters. The third-order valence-electron chi connectivity index (χ3n) is 7.89. The molecule has 9 nitrogen and oxygen atoms in total. The molecule has 0 bridgehead atoms. The van der Waals surface area contributed by atoms with Gasteiger partial charge < -0.3 is 24.6 Å². The zero-order valence-electron chi connectivity index (χ0n) is 30.0. The summed E-state index contributed by atoms with van der Waals surface area (Å²) in [5, 5.41) is 18.3. The molecule has 0 rings (SSSR count). The number of aliphatic hydroxyl groups is 2. The smallest absolute Gasteiger partial charge is 0.457 e. The minimum absolute atomic E-state index is 0.0467. The maximum Gasteiger partial charge on any atom is 0.472 e. The van der Waals surface area contributed by atoms with Gasteiger partial charge in [-0.15, -0.1) is 0 Å². The summed E-state index contributed by atoms with van der Waals surface area (Å²) in [5.41, 5.74) is 0. The van der Waals surface area contributed by atoms with E-state index in [4.69, 9.17) is 23.6 Å². The first-order valence-corrected chi connectivity index (χ1v) is 20.3. The lowest BCUT2D eigenvalue weighted by Crippen LogP contribution is -2.29. The summed E-state index contributed by atoms with van der Waals surface area (Å²) >= 11 is 0. The Labute approximate surface area is 287 Å². The Morgan fingerprint density at radius 1 is 0.660 bits per heavy atom. The standard InChI is InChI=1S/C37H71O9P/c1-3-5-7-9-11-13-15-17-18-19-21-23-25-27-29-37(40)46-36(34-45-47(41,42)44-32-35(39)31-38)33-43-30-28-26-24-22-20-16-14-12-10-8-6-4-2/h9,11,15,17,35-36,38-39H,3-8,10,12-14,16,18-34H2,1-2H3,(H,41,42)/b11-9-,17-15-. The highest BCUT2D eigenvalue weighted by Crippen LogP contribution is 2.43. The number of phosphoric acid groups is 1. The lowest BCUT2D eigenvalue weighted by atomic mass is 10.1. The molecule has 3 N–H and O–H groups in total. The van der Waals surface area contributed by atoms with Gasteiger partial charge in [0.15, 0.2) is 0 Å². The number of ether oxygens (including phenoxy) is 2. The van der Waals surface area contributed by atoms with E-state index in [0.29, 0.717) is 13.0 Å². The lowest BCUT2D eigenvalue weighted by molar-refractivity contribution is -0.154. The van der Waals surface area contributed by atoms with Gasteiger partial charge in [-0.3, -0.25) is 13.8 Å². The van der Waals surface area contributed by atoms with E-state index in [1.165, 1.54) is 77.0 Å². The van der Waals surface area contributed by atoms with Crippen LogP contribution in [0.4, 0.5) is 0 Å². The van der Waals surface area contributed by atoms with Crippen LogP contribution in [0.1, 0.15) is 162 Å². The monoisotopic (exact) mass is 690 g/mol. The van der Waals surface area contributed by atoms with Crippen molar-refractivity contribution < 1.29 is 43.0 Å². The number of allylic oxidation sites excluding steroid dienone is 4. The van der Waals surface area contributed by atoms with Gasteiger partial charge in [0, 0.05) is 13.0 Å². The van der Waals surface area contributed by atoms with Gasteiger partial charge in [-0.1, -0.05) is 141 Å². The Morgan fingerprint density at radius 2 is 1.17 bits per heavy atom. The normalized spacial score (nSPS) is 14.6. The average Bonchev–Trinajstić information content (AvgIpc) is 3.06. The zero-order chi connectivity index (χ0) is 34.7. The second kappa shape index (κ2) is 34.8. The second-order valence-electron chi connectivity index (χ2n) is 12.6. The second-order valence-corrected chi connectivity index (χ2v) is 14.1. The Hall–Kier alpha value is -1.06. The molecule has 10 heteroatoms. The number of carbonyl (C=O) groups excluding carboxylic acids is 1. The first kappa shape index (κ1) is 45.9. The van der Waals surface area contributed by atoms with Gasteiger partial charge in [-0.25, -0.2) is 4.57 Å². The molecule has 0 spiro atoms. The third-order valence-corrected chi connectivity index (χ3v) is 8.84. The third kappa shape index (κ3) is 34.6. The van der Waals surface area contributed by atoms with Crippen molar-refractivity contribution in [3.05, 3.63) is 24.3 Å². The molecule has 0 amide bonds. The van der Waals surface area contributed by atoms with Crippen molar-refractivity contribution in [1.29, 1.82) is 0 Å². The van der Waals surface area contributed by atoms with Crippen molar-refractivity contribution in [2.75, 3.05) is 33.0 Å². The Kier molecular flexibility index (Phi) is 34.0. The molecule has 0 aliphatic carbocycles. The summed E-state index contributed by atoms with van der Waals surface area (Å²) in [5.74, 6) is -0.396. The molecule has 0 aliphatic heterocycles. The summed E-state index contributed by atoms with van der Waals surface area (Å²) in [6, 6.07) is 0. The molecular weight excluding hydrogens is 619 g/mol. The van der Waals surface area contributed by atoms with Crippen LogP contribution in [0.2, 0.25) is 0 Å². The van der Waals surface area contributed by atoms with Crippen LogP contribution in [-0.4, -0.2) is 66.3 Å². The van der Waals surface area contributed by atoms with Gasteiger partial charge >= 0.3 is 13.8 Å². The van der Waals surface area contributed by atoms with Crippen LogP contribution in [-0.2, 0) is 27.9 Å². The first-order chi connectivity index (χ1) is 22.8. The van der Waals surface area contributed by atoms with Crippen LogP contribution in [0.3, 0.4) is 0 Å². The molecule has 0 fully saturated rings. The summed E-state index contributed by atoms with van der Waals surface area (Å²) < 4.78 is 33.2. The van der Waals surface area contributed by atoms with Crippen LogP contribution in [0.5, 0.6) is 0 Å². The van der Waals surface area contributed by atoms with Crippen molar-refractivity contribution in [2.24, 2.45) is 0 Å². The van der Waals surface area contributed by atoms with Crippen LogP contribution >= 0.6 is 7.82 Å². The topological polar surface area (TPSA) is 132 Å². The van der Waals surface area contributed by atoms with Crippen LogP contribution in [0.25, 0.3) is 0 Å². The van der Waals surface area contributed by atoms with Crippen LogP contribution in [0, 0.1) is 0 Å². The molecule has 47 heavy (non-hydrogen) atoms. The summed E-state index contributed by atoms with van der Waals surface area (Å²) in [4.78, 5) is 22.4. The summed E-state index contributed by atoms with van der Waals surface area (Å²) in [6.07, 6.45) is 32.7. The fourth-order valence-electron chi connectivity index (χ4n) is 4.96. The number of esters is 1. The molecule has 0 heterocycles. The molecule has 0 aromatic rings. The molecule has 278 valence electrons. The van der Waals surface area contributed by atoms with Gasteiger partial charge in [-0.05, 0) is 38.5 Å². The van der Waals surface area contributed by atoms with Crippen molar-refractivity contribution in [2.45, 2.75) is 174 Å². The van der Waals surface area contributed by atoms with E-state index >= 15 is 0 Å². The lowest BCUT2D eigenvalue weighted by Gasteiger charge is -2.20. The van der Waals surface area contributed by atoms with Gasteiger partial charge in [-0.2, -0.15) is 0 Å². The molecule has 0 saturated heterocycles.